The van der Waals surface area contributed by atoms with Crippen molar-refractivity contribution in [1.82, 2.24) is 4.90 Å². The van der Waals surface area contributed by atoms with Crippen LogP contribution in [-0.4, -0.2) is 42.7 Å². The van der Waals surface area contributed by atoms with E-state index in [1.807, 2.05) is 54.3 Å². The Kier molecular flexibility index (Phi) is 6.58. The highest BCUT2D eigenvalue weighted by Crippen LogP contribution is 2.30. The average molecular weight is 381 g/mol. The highest BCUT2D eigenvalue weighted by Gasteiger charge is 2.24. The number of nitrogens with zero attached hydrogens (tertiary/aromatic N) is 1. The van der Waals surface area contributed by atoms with Crippen molar-refractivity contribution < 1.29 is 19.4 Å². The van der Waals surface area contributed by atoms with E-state index in [0.29, 0.717) is 30.5 Å². The molecule has 1 heterocycles. The quantitative estimate of drug-likeness (QED) is 0.814. The Hall–Kier alpha value is -2.95. The molecule has 0 saturated carbocycles. The van der Waals surface area contributed by atoms with Gasteiger partial charge in [0.2, 0.25) is 0 Å². The van der Waals surface area contributed by atoms with Crippen molar-refractivity contribution in [3.05, 3.63) is 59.7 Å². The first-order valence-electron chi connectivity index (χ1n) is 9.61. The van der Waals surface area contributed by atoms with Gasteiger partial charge in [-0.3, -0.25) is 4.79 Å². The smallest absolute Gasteiger partial charge is 0.260 e. The van der Waals surface area contributed by atoms with Crippen LogP contribution in [-0.2, 0) is 4.79 Å². The summed E-state index contributed by atoms with van der Waals surface area (Å²) in [7, 11) is 1.59. The molecule has 0 radical (unpaired) electrons. The van der Waals surface area contributed by atoms with Crippen LogP contribution in [0.5, 0.6) is 17.2 Å². The Bertz CT molecular complexity index is 821. The van der Waals surface area contributed by atoms with E-state index >= 15 is 0 Å². The second-order valence-electron chi connectivity index (χ2n) is 6.95. The van der Waals surface area contributed by atoms with Crippen LogP contribution in [0.15, 0.2) is 48.5 Å². The summed E-state index contributed by atoms with van der Waals surface area (Å²) in [5, 5.41) is 9.42. The molecule has 0 aliphatic carbocycles. The molecule has 0 spiro atoms. The topological polar surface area (TPSA) is 59.0 Å². The molecule has 28 heavy (non-hydrogen) atoms. The highest BCUT2D eigenvalue weighted by molar-refractivity contribution is 5.78. The molecule has 1 saturated heterocycles. The minimum Gasteiger partial charge on any atom is -0.508 e. The highest BCUT2D eigenvalue weighted by atomic mass is 16.5. The molecule has 5 nitrogen and oxygen atoms in total. The number of methoxy groups -OCH3 is 1. The minimum atomic E-state index is -0.0104. The normalized spacial score (nSPS) is 15.0. The van der Waals surface area contributed by atoms with Gasteiger partial charge in [-0.2, -0.15) is 0 Å². The van der Waals surface area contributed by atoms with E-state index in [0.717, 1.165) is 18.4 Å². The number of allylic oxidation sites excluding steroid dienone is 1. The van der Waals surface area contributed by atoms with Gasteiger partial charge in [0.15, 0.2) is 18.1 Å². The second kappa shape index (κ2) is 9.31. The van der Waals surface area contributed by atoms with E-state index in [9.17, 15) is 9.90 Å². The van der Waals surface area contributed by atoms with Gasteiger partial charge in [-0.05, 0) is 61.1 Å². The summed E-state index contributed by atoms with van der Waals surface area (Å²) < 4.78 is 11.1. The zero-order valence-electron chi connectivity index (χ0n) is 16.4. The number of ether oxygens (including phenoxy) is 2. The number of likely N-dealkylation sites (tertiary alicyclic amines) is 1. The largest absolute Gasteiger partial charge is 0.508 e. The number of hydrogen-bond acceptors (Lipinski definition) is 4. The third kappa shape index (κ3) is 4.85. The SMILES string of the molecule is C/C=C/c1ccc(OCC(=O)N2CCC(c3ccc(O)cc3)CC2)c(OC)c1. The van der Waals surface area contributed by atoms with Gasteiger partial charge in [-0.1, -0.05) is 30.4 Å². The van der Waals surface area contributed by atoms with E-state index in [1.165, 1.54) is 5.56 Å². The summed E-state index contributed by atoms with van der Waals surface area (Å²) in [5.74, 6) is 1.88. The lowest BCUT2D eigenvalue weighted by Crippen LogP contribution is -2.40. The summed E-state index contributed by atoms with van der Waals surface area (Å²) >= 11 is 0. The monoisotopic (exact) mass is 381 g/mol. The van der Waals surface area contributed by atoms with Crippen molar-refractivity contribution in [2.45, 2.75) is 25.7 Å². The molecule has 1 aliphatic heterocycles. The second-order valence-corrected chi connectivity index (χ2v) is 6.95. The molecule has 2 aromatic rings. The van der Waals surface area contributed by atoms with Gasteiger partial charge in [0.05, 0.1) is 7.11 Å². The first kappa shape index (κ1) is 19.8. The Morgan fingerprint density at radius 1 is 1.14 bits per heavy atom. The number of carbonyl (C=O) groups is 1. The minimum absolute atomic E-state index is 0.00317. The van der Waals surface area contributed by atoms with Crippen molar-refractivity contribution in [2.24, 2.45) is 0 Å². The zero-order valence-corrected chi connectivity index (χ0v) is 16.4. The van der Waals surface area contributed by atoms with Gasteiger partial charge in [-0.15, -0.1) is 0 Å². The molecule has 1 fully saturated rings. The van der Waals surface area contributed by atoms with Gasteiger partial charge in [0.1, 0.15) is 5.75 Å². The van der Waals surface area contributed by atoms with Crippen LogP contribution in [0.25, 0.3) is 6.08 Å². The third-order valence-corrected chi connectivity index (χ3v) is 5.11. The van der Waals surface area contributed by atoms with E-state index in [2.05, 4.69) is 0 Å². The molecule has 0 unspecified atom stereocenters. The maximum absolute atomic E-state index is 12.5. The van der Waals surface area contributed by atoms with Crippen LogP contribution in [0.3, 0.4) is 0 Å². The molecule has 0 aromatic heterocycles. The number of phenolic OH excluding ortho intramolecular Hbond substituents is 1. The van der Waals surface area contributed by atoms with Gasteiger partial charge in [0.25, 0.3) is 5.91 Å². The number of piperidine rings is 1. The Labute approximate surface area is 166 Å². The van der Waals surface area contributed by atoms with Gasteiger partial charge >= 0.3 is 0 Å². The maximum atomic E-state index is 12.5. The summed E-state index contributed by atoms with van der Waals surface area (Å²) in [6.45, 7) is 3.39. The Morgan fingerprint density at radius 2 is 1.86 bits per heavy atom. The van der Waals surface area contributed by atoms with Crippen LogP contribution >= 0.6 is 0 Å². The third-order valence-electron chi connectivity index (χ3n) is 5.11. The summed E-state index contributed by atoms with van der Waals surface area (Å²) in [6.07, 6.45) is 5.77. The van der Waals surface area contributed by atoms with Crippen molar-refractivity contribution >= 4 is 12.0 Å². The lowest BCUT2D eigenvalue weighted by Gasteiger charge is -2.32. The molecular weight excluding hydrogens is 354 g/mol. The van der Waals surface area contributed by atoms with Gasteiger partial charge < -0.3 is 19.5 Å². The fourth-order valence-electron chi connectivity index (χ4n) is 3.54. The van der Waals surface area contributed by atoms with Crippen molar-refractivity contribution in [3.63, 3.8) is 0 Å². The predicted molar refractivity (Wildman–Crippen MR) is 110 cm³/mol. The molecule has 148 valence electrons. The summed E-state index contributed by atoms with van der Waals surface area (Å²) in [6, 6.07) is 13.0. The standard InChI is InChI=1S/C23H27NO4/c1-3-4-17-5-10-21(22(15-17)27-2)28-16-23(26)24-13-11-19(12-14-24)18-6-8-20(25)9-7-18/h3-10,15,19,25H,11-14,16H2,1-2H3/b4-3+. The zero-order chi connectivity index (χ0) is 19.9. The predicted octanol–water partition coefficient (Wildman–Crippen LogP) is 4.22. The lowest BCUT2D eigenvalue weighted by atomic mass is 9.89. The van der Waals surface area contributed by atoms with Gasteiger partial charge in [0, 0.05) is 13.1 Å². The summed E-state index contributed by atoms with van der Waals surface area (Å²) in [4.78, 5) is 14.4. The van der Waals surface area contributed by atoms with Crippen LogP contribution in [0.1, 0.15) is 36.8 Å². The number of benzene rings is 2. The van der Waals surface area contributed by atoms with Crippen LogP contribution < -0.4 is 9.47 Å². The van der Waals surface area contributed by atoms with Crippen molar-refractivity contribution in [2.75, 3.05) is 26.8 Å². The maximum Gasteiger partial charge on any atom is 0.260 e. The number of amides is 1. The molecule has 2 aromatic carbocycles. The fraction of sp³-hybridized carbons (Fsp3) is 0.348. The number of hydrogen-bond donors (Lipinski definition) is 1. The Balaban J connectivity index is 1.53. The molecule has 0 bridgehead atoms. The average Bonchev–Trinajstić information content (AvgIpc) is 2.73. The van der Waals surface area contributed by atoms with E-state index in [-0.39, 0.29) is 18.3 Å². The van der Waals surface area contributed by atoms with Crippen molar-refractivity contribution in [3.8, 4) is 17.2 Å². The molecule has 1 amide bonds. The summed E-state index contributed by atoms with van der Waals surface area (Å²) in [5.41, 5.74) is 2.24. The first-order valence-corrected chi connectivity index (χ1v) is 9.61. The van der Waals surface area contributed by atoms with E-state index in [4.69, 9.17) is 9.47 Å². The van der Waals surface area contributed by atoms with E-state index in [1.54, 1.807) is 19.2 Å². The van der Waals surface area contributed by atoms with Crippen LogP contribution in [0.4, 0.5) is 0 Å². The van der Waals surface area contributed by atoms with Crippen LogP contribution in [0.2, 0.25) is 0 Å². The number of carbonyl (C=O) groups excluding carboxylic acids is 1. The molecule has 1 N–H and O–H groups in total. The fourth-order valence-corrected chi connectivity index (χ4v) is 3.54. The molecule has 3 rings (SSSR count). The Morgan fingerprint density at radius 3 is 2.50 bits per heavy atom. The number of rotatable bonds is 6. The number of phenols is 1. The number of aromatic hydroxyl groups is 1. The van der Waals surface area contributed by atoms with Crippen LogP contribution in [0, 0.1) is 0 Å². The van der Waals surface area contributed by atoms with E-state index < -0.39 is 0 Å². The van der Waals surface area contributed by atoms with Gasteiger partial charge in [-0.25, -0.2) is 0 Å². The molecule has 0 atom stereocenters. The van der Waals surface area contributed by atoms with Crippen molar-refractivity contribution in [1.29, 1.82) is 0 Å². The first-order chi connectivity index (χ1) is 13.6. The molecule has 1 aliphatic rings. The molecular formula is C23H27NO4. The lowest BCUT2D eigenvalue weighted by molar-refractivity contribution is -0.134. The molecule has 5 heteroatoms.